The van der Waals surface area contributed by atoms with E-state index in [0.717, 1.165) is 61.6 Å². The van der Waals surface area contributed by atoms with E-state index in [1.54, 1.807) is 7.11 Å². The van der Waals surface area contributed by atoms with Crippen LogP contribution in [0.2, 0.25) is 0 Å². The van der Waals surface area contributed by atoms with E-state index >= 15 is 0 Å². The van der Waals surface area contributed by atoms with Gasteiger partial charge in [-0.15, -0.1) is 0 Å². The first-order valence-corrected chi connectivity index (χ1v) is 12.9. The molecule has 4 rings (SSSR count). The van der Waals surface area contributed by atoms with Gasteiger partial charge in [0.25, 0.3) is 0 Å². The maximum absolute atomic E-state index is 13.3. The quantitative estimate of drug-likeness (QED) is 0.374. The molecule has 1 amide bonds. The molecule has 36 heavy (non-hydrogen) atoms. The molecular formula is C31H38N2O3. The monoisotopic (exact) mass is 486 g/mol. The third-order valence-electron chi connectivity index (χ3n) is 7.05. The topological polar surface area (TPSA) is 42.0 Å². The number of benzene rings is 3. The predicted molar refractivity (Wildman–Crippen MR) is 144 cm³/mol. The molecule has 0 bridgehead atoms. The molecule has 5 nitrogen and oxygen atoms in total. The minimum Gasteiger partial charge on any atom is -0.497 e. The van der Waals surface area contributed by atoms with E-state index in [1.807, 2.05) is 35.2 Å². The lowest BCUT2D eigenvalue weighted by Gasteiger charge is -2.38. The molecule has 0 radical (unpaired) electrons. The second-order valence-electron chi connectivity index (χ2n) is 9.56. The molecule has 1 heterocycles. The van der Waals surface area contributed by atoms with Crippen LogP contribution in [0.3, 0.4) is 0 Å². The van der Waals surface area contributed by atoms with E-state index in [4.69, 9.17) is 9.47 Å². The summed E-state index contributed by atoms with van der Waals surface area (Å²) in [5, 5.41) is 0. The predicted octanol–water partition coefficient (Wildman–Crippen LogP) is 5.60. The van der Waals surface area contributed by atoms with Crippen LogP contribution in [0.1, 0.15) is 47.6 Å². The zero-order chi connectivity index (χ0) is 25.3. The van der Waals surface area contributed by atoms with Crippen LogP contribution in [0, 0.1) is 6.92 Å². The van der Waals surface area contributed by atoms with E-state index in [1.165, 1.54) is 5.56 Å². The summed E-state index contributed by atoms with van der Waals surface area (Å²) in [4.78, 5) is 17.7. The first-order valence-electron chi connectivity index (χ1n) is 12.9. The van der Waals surface area contributed by atoms with Gasteiger partial charge in [-0.25, -0.2) is 0 Å². The van der Waals surface area contributed by atoms with Crippen molar-refractivity contribution >= 4 is 5.91 Å². The van der Waals surface area contributed by atoms with Gasteiger partial charge in [0, 0.05) is 32.7 Å². The van der Waals surface area contributed by atoms with Crippen molar-refractivity contribution in [3.05, 3.63) is 101 Å². The van der Waals surface area contributed by atoms with Crippen LogP contribution >= 0.6 is 0 Å². The Morgan fingerprint density at radius 1 is 0.889 bits per heavy atom. The molecule has 1 saturated heterocycles. The van der Waals surface area contributed by atoms with E-state index < -0.39 is 0 Å². The van der Waals surface area contributed by atoms with Crippen molar-refractivity contribution in [1.82, 2.24) is 9.80 Å². The van der Waals surface area contributed by atoms with Gasteiger partial charge >= 0.3 is 0 Å². The third-order valence-corrected chi connectivity index (χ3v) is 7.05. The Bertz CT molecular complexity index is 1090. The van der Waals surface area contributed by atoms with Crippen LogP contribution in [0.25, 0.3) is 0 Å². The van der Waals surface area contributed by atoms with E-state index in [-0.39, 0.29) is 17.9 Å². The van der Waals surface area contributed by atoms with Crippen molar-refractivity contribution in [1.29, 1.82) is 0 Å². The molecule has 190 valence electrons. The van der Waals surface area contributed by atoms with Crippen molar-refractivity contribution in [3.8, 4) is 5.75 Å². The molecule has 0 spiro atoms. The highest BCUT2D eigenvalue weighted by molar-refractivity contribution is 5.83. The van der Waals surface area contributed by atoms with Gasteiger partial charge in [-0.3, -0.25) is 9.69 Å². The first-order chi connectivity index (χ1) is 17.6. The second kappa shape index (κ2) is 12.7. The molecule has 3 aromatic rings. The Balaban J connectivity index is 1.39. The van der Waals surface area contributed by atoms with Crippen LogP contribution in [0.4, 0.5) is 0 Å². The standard InChI is InChI=1S/C31H38N2O3/c1-4-29(26-9-6-5-7-10-26)31(34)33-19-17-32(18-20-33)22-30(27-11-8-12-28(21-27)35-3)36-23-25-15-13-24(2)14-16-25/h5-16,21,29-30H,4,17-20,22-23H2,1-3H3. The maximum atomic E-state index is 13.3. The molecule has 5 heteroatoms. The fourth-order valence-corrected chi connectivity index (χ4v) is 4.82. The molecule has 1 aliphatic rings. The molecule has 0 saturated carbocycles. The lowest BCUT2D eigenvalue weighted by atomic mass is 9.95. The van der Waals surface area contributed by atoms with Crippen LogP contribution in [0.15, 0.2) is 78.9 Å². The molecule has 1 fully saturated rings. The number of hydrogen-bond acceptors (Lipinski definition) is 4. The lowest BCUT2D eigenvalue weighted by Crippen LogP contribution is -2.50. The average Bonchev–Trinajstić information content (AvgIpc) is 2.93. The number of nitrogens with zero attached hydrogens (tertiary/aromatic N) is 2. The highest BCUT2D eigenvalue weighted by Gasteiger charge is 2.28. The Hall–Kier alpha value is -3.15. The minimum atomic E-state index is -0.0867. The number of carbonyl (C=O) groups excluding carboxylic acids is 1. The van der Waals surface area contributed by atoms with E-state index in [9.17, 15) is 4.79 Å². The highest BCUT2D eigenvalue weighted by atomic mass is 16.5. The van der Waals surface area contributed by atoms with E-state index in [2.05, 4.69) is 67.3 Å². The van der Waals surface area contributed by atoms with Crippen molar-refractivity contribution in [2.24, 2.45) is 0 Å². The fourth-order valence-electron chi connectivity index (χ4n) is 4.82. The molecule has 0 aromatic heterocycles. The maximum Gasteiger partial charge on any atom is 0.230 e. The van der Waals surface area contributed by atoms with Crippen LogP contribution in [-0.2, 0) is 16.1 Å². The second-order valence-corrected chi connectivity index (χ2v) is 9.56. The van der Waals surface area contributed by atoms with Crippen LogP contribution in [0.5, 0.6) is 5.75 Å². The summed E-state index contributed by atoms with van der Waals surface area (Å²) < 4.78 is 11.9. The van der Waals surface area contributed by atoms with Crippen molar-refractivity contribution in [3.63, 3.8) is 0 Å². The number of piperazine rings is 1. The normalized spacial score (nSPS) is 15.9. The number of hydrogen-bond donors (Lipinski definition) is 0. The third kappa shape index (κ3) is 6.74. The summed E-state index contributed by atoms with van der Waals surface area (Å²) in [7, 11) is 1.69. The summed E-state index contributed by atoms with van der Waals surface area (Å²) in [6.45, 7) is 8.67. The van der Waals surface area contributed by atoms with Gasteiger partial charge in [0.15, 0.2) is 0 Å². The van der Waals surface area contributed by atoms with E-state index in [0.29, 0.717) is 6.61 Å². The molecule has 2 atom stereocenters. The summed E-state index contributed by atoms with van der Waals surface area (Å²) in [5.74, 6) is 1.00. The first kappa shape index (κ1) is 25.9. The zero-order valence-corrected chi connectivity index (χ0v) is 21.7. The summed E-state index contributed by atoms with van der Waals surface area (Å²) in [6, 6.07) is 26.8. The number of carbonyl (C=O) groups is 1. The van der Waals surface area contributed by atoms with Gasteiger partial charge < -0.3 is 14.4 Å². The van der Waals surface area contributed by atoms with Gasteiger partial charge in [0.05, 0.1) is 25.7 Å². The smallest absolute Gasteiger partial charge is 0.230 e. The summed E-state index contributed by atoms with van der Waals surface area (Å²) >= 11 is 0. The Kier molecular flexibility index (Phi) is 9.15. The molecule has 2 unspecified atom stereocenters. The highest BCUT2D eigenvalue weighted by Crippen LogP contribution is 2.26. The van der Waals surface area contributed by atoms with Gasteiger partial charge in [-0.1, -0.05) is 79.2 Å². The van der Waals surface area contributed by atoms with Gasteiger partial charge in [-0.2, -0.15) is 0 Å². The molecular weight excluding hydrogens is 448 g/mol. The van der Waals surface area contributed by atoms with Gasteiger partial charge in [-0.05, 0) is 42.2 Å². The van der Waals surface area contributed by atoms with Crippen molar-refractivity contribution in [2.45, 2.75) is 38.9 Å². The molecule has 1 aliphatic heterocycles. The van der Waals surface area contributed by atoms with Crippen molar-refractivity contribution in [2.75, 3.05) is 39.8 Å². The fraction of sp³-hybridized carbons (Fsp3) is 0.387. The summed E-state index contributed by atoms with van der Waals surface area (Å²) in [6.07, 6.45) is 0.727. The number of ether oxygens (including phenoxy) is 2. The van der Waals surface area contributed by atoms with Gasteiger partial charge in [0.2, 0.25) is 5.91 Å². The Morgan fingerprint density at radius 2 is 1.58 bits per heavy atom. The Morgan fingerprint density at radius 3 is 2.25 bits per heavy atom. The molecule has 3 aromatic carbocycles. The van der Waals surface area contributed by atoms with Crippen LogP contribution < -0.4 is 4.74 Å². The molecule has 0 aliphatic carbocycles. The zero-order valence-electron chi connectivity index (χ0n) is 21.7. The SMILES string of the molecule is CCC(C(=O)N1CCN(CC(OCc2ccc(C)cc2)c2cccc(OC)c2)CC1)c1ccccc1. The minimum absolute atomic E-state index is 0.0693. The largest absolute Gasteiger partial charge is 0.497 e. The summed E-state index contributed by atoms with van der Waals surface area (Å²) in [5.41, 5.74) is 4.62. The Labute approximate surface area is 215 Å². The number of amides is 1. The average molecular weight is 487 g/mol. The van der Waals surface area contributed by atoms with Crippen LogP contribution in [-0.4, -0.2) is 55.5 Å². The number of aryl methyl sites for hydroxylation is 1. The van der Waals surface area contributed by atoms with Gasteiger partial charge in [0.1, 0.15) is 5.75 Å². The van der Waals surface area contributed by atoms with Crippen molar-refractivity contribution < 1.29 is 14.3 Å². The molecule has 0 N–H and O–H groups in total. The lowest BCUT2D eigenvalue weighted by molar-refractivity contribution is -0.135. The number of methoxy groups -OCH3 is 1. The number of rotatable bonds is 10.